The van der Waals surface area contributed by atoms with Crippen molar-refractivity contribution < 1.29 is 9.15 Å². The van der Waals surface area contributed by atoms with Gasteiger partial charge in [-0.2, -0.15) is 5.26 Å². The third-order valence-electron chi connectivity index (χ3n) is 2.75. The number of nitrogens with zero attached hydrogens (tertiary/aromatic N) is 1. The van der Waals surface area contributed by atoms with Crippen LogP contribution in [0.5, 0.6) is 5.75 Å². The van der Waals surface area contributed by atoms with E-state index in [0.29, 0.717) is 11.3 Å². The largest absolute Gasteiger partial charge is 0.493 e. The van der Waals surface area contributed by atoms with Crippen LogP contribution in [0.15, 0.2) is 28.9 Å². The lowest BCUT2D eigenvalue weighted by Crippen LogP contribution is -2.14. The fourth-order valence-corrected chi connectivity index (χ4v) is 1.80. The zero-order chi connectivity index (χ0) is 11.8. The molecule has 0 aliphatic heterocycles. The second-order valence-corrected chi connectivity index (χ2v) is 4.22. The van der Waals surface area contributed by atoms with Gasteiger partial charge in [-0.15, -0.1) is 0 Å². The van der Waals surface area contributed by atoms with E-state index in [1.54, 1.807) is 13.4 Å². The van der Waals surface area contributed by atoms with Gasteiger partial charge in [-0.3, -0.25) is 0 Å². The SMILES string of the molecule is COc1ccc(C(C)(C)C#N)c2ccoc12. The van der Waals surface area contributed by atoms with E-state index < -0.39 is 5.41 Å². The third-order valence-corrected chi connectivity index (χ3v) is 2.75. The molecule has 0 fully saturated rings. The van der Waals surface area contributed by atoms with E-state index in [2.05, 4.69) is 6.07 Å². The van der Waals surface area contributed by atoms with Gasteiger partial charge in [-0.25, -0.2) is 0 Å². The highest BCUT2D eigenvalue weighted by molar-refractivity contribution is 5.87. The summed E-state index contributed by atoms with van der Waals surface area (Å²) in [5, 5.41) is 10.1. The van der Waals surface area contributed by atoms with Crippen molar-refractivity contribution in [3.8, 4) is 11.8 Å². The number of furan rings is 1. The standard InChI is InChI=1S/C13H13NO2/c1-13(2,8-14)10-4-5-11(15-3)12-9(10)6-7-16-12/h4-7H,1-3H3. The first-order valence-electron chi connectivity index (χ1n) is 5.06. The zero-order valence-corrected chi connectivity index (χ0v) is 9.57. The van der Waals surface area contributed by atoms with Crippen LogP contribution in [0, 0.1) is 11.3 Å². The summed E-state index contributed by atoms with van der Waals surface area (Å²) in [5.41, 5.74) is 1.12. The predicted molar refractivity (Wildman–Crippen MR) is 61.4 cm³/mol. The highest BCUT2D eigenvalue weighted by Crippen LogP contribution is 2.35. The first-order valence-corrected chi connectivity index (χ1v) is 5.06. The lowest BCUT2D eigenvalue weighted by Gasteiger charge is -2.17. The molecule has 2 aromatic rings. The van der Waals surface area contributed by atoms with Crippen LogP contribution in [0.25, 0.3) is 11.0 Å². The van der Waals surface area contributed by atoms with Gasteiger partial charge >= 0.3 is 0 Å². The van der Waals surface area contributed by atoms with Gasteiger partial charge in [0.15, 0.2) is 11.3 Å². The molecule has 2 rings (SSSR count). The fraction of sp³-hybridized carbons (Fsp3) is 0.308. The average molecular weight is 215 g/mol. The van der Waals surface area contributed by atoms with Crippen molar-refractivity contribution >= 4 is 11.0 Å². The molecule has 0 saturated heterocycles. The van der Waals surface area contributed by atoms with Crippen LogP contribution in [-0.2, 0) is 5.41 Å². The van der Waals surface area contributed by atoms with Gasteiger partial charge in [0.2, 0.25) is 0 Å². The third kappa shape index (κ3) is 1.43. The van der Waals surface area contributed by atoms with Gasteiger partial charge in [0.05, 0.1) is 24.9 Å². The Morgan fingerprint density at radius 3 is 2.69 bits per heavy atom. The first-order chi connectivity index (χ1) is 7.60. The van der Waals surface area contributed by atoms with E-state index in [0.717, 1.165) is 10.9 Å². The summed E-state index contributed by atoms with van der Waals surface area (Å²) in [5.74, 6) is 0.692. The minimum absolute atomic E-state index is 0.533. The Morgan fingerprint density at radius 2 is 2.06 bits per heavy atom. The molecule has 0 radical (unpaired) electrons. The van der Waals surface area contributed by atoms with E-state index in [1.807, 2.05) is 32.0 Å². The van der Waals surface area contributed by atoms with Crippen LogP contribution in [0.2, 0.25) is 0 Å². The van der Waals surface area contributed by atoms with Crippen LogP contribution in [0.4, 0.5) is 0 Å². The second-order valence-electron chi connectivity index (χ2n) is 4.22. The molecule has 82 valence electrons. The van der Waals surface area contributed by atoms with Gasteiger partial charge in [0, 0.05) is 5.39 Å². The maximum atomic E-state index is 9.16. The Bertz CT molecular complexity index is 561. The number of benzene rings is 1. The minimum atomic E-state index is -0.533. The molecule has 0 amide bonds. The normalized spacial score (nSPS) is 11.4. The molecule has 3 nitrogen and oxygen atoms in total. The topological polar surface area (TPSA) is 46.2 Å². The number of ether oxygens (including phenoxy) is 1. The molecule has 0 N–H and O–H groups in total. The zero-order valence-electron chi connectivity index (χ0n) is 9.57. The molecular formula is C13H13NO2. The number of hydrogen-bond acceptors (Lipinski definition) is 3. The Balaban J connectivity index is 2.75. The Labute approximate surface area is 94.2 Å². The Morgan fingerprint density at radius 1 is 1.31 bits per heavy atom. The van der Waals surface area contributed by atoms with Gasteiger partial charge in [-0.1, -0.05) is 6.07 Å². The lowest BCUT2D eigenvalue weighted by molar-refractivity contribution is 0.410. The molecule has 3 heteroatoms. The number of nitriles is 1. The van der Waals surface area contributed by atoms with Crippen LogP contribution in [0.1, 0.15) is 19.4 Å². The number of hydrogen-bond donors (Lipinski definition) is 0. The van der Waals surface area contributed by atoms with Gasteiger partial charge in [0.1, 0.15) is 0 Å². The molecule has 0 atom stereocenters. The van der Waals surface area contributed by atoms with Gasteiger partial charge in [0.25, 0.3) is 0 Å². The van der Waals surface area contributed by atoms with Gasteiger partial charge < -0.3 is 9.15 Å². The van der Waals surface area contributed by atoms with Crippen molar-refractivity contribution in [2.75, 3.05) is 7.11 Å². The molecule has 16 heavy (non-hydrogen) atoms. The molecule has 1 aromatic carbocycles. The number of rotatable bonds is 2. The molecule has 1 aromatic heterocycles. The molecule has 1 heterocycles. The van der Waals surface area contributed by atoms with E-state index in [1.165, 1.54) is 0 Å². The van der Waals surface area contributed by atoms with E-state index in [4.69, 9.17) is 14.4 Å². The van der Waals surface area contributed by atoms with Crippen molar-refractivity contribution in [3.63, 3.8) is 0 Å². The molecule has 0 bridgehead atoms. The monoisotopic (exact) mass is 215 g/mol. The summed E-state index contributed by atoms with van der Waals surface area (Å²) in [6.07, 6.45) is 1.62. The maximum absolute atomic E-state index is 9.16. The summed E-state index contributed by atoms with van der Waals surface area (Å²) in [6.45, 7) is 3.78. The Hall–Kier alpha value is -1.95. The summed E-state index contributed by atoms with van der Waals surface area (Å²) < 4.78 is 10.6. The van der Waals surface area contributed by atoms with Crippen LogP contribution in [-0.4, -0.2) is 7.11 Å². The number of methoxy groups -OCH3 is 1. The molecule has 0 aliphatic rings. The lowest BCUT2D eigenvalue weighted by atomic mass is 9.84. The van der Waals surface area contributed by atoms with Crippen LogP contribution < -0.4 is 4.74 Å². The summed E-state index contributed by atoms with van der Waals surface area (Å²) >= 11 is 0. The van der Waals surface area contributed by atoms with Gasteiger partial charge in [-0.05, 0) is 31.5 Å². The maximum Gasteiger partial charge on any atom is 0.175 e. The molecule has 0 spiro atoms. The van der Waals surface area contributed by atoms with Crippen LogP contribution in [0.3, 0.4) is 0 Å². The average Bonchev–Trinajstić information content (AvgIpc) is 2.76. The molecule has 0 unspecified atom stereocenters. The van der Waals surface area contributed by atoms with E-state index >= 15 is 0 Å². The molecular weight excluding hydrogens is 202 g/mol. The summed E-state index contributed by atoms with van der Waals surface area (Å²) in [7, 11) is 1.60. The van der Waals surface area contributed by atoms with Crippen molar-refractivity contribution in [2.45, 2.75) is 19.3 Å². The van der Waals surface area contributed by atoms with Crippen molar-refractivity contribution in [1.29, 1.82) is 5.26 Å². The summed E-state index contributed by atoms with van der Waals surface area (Å²) in [6, 6.07) is 7.91. The van der Waals surface area contributed by atoms with E-state index in [9.17, 15) is 0 Å². The minimum Gasteiger partial charge on any atom is -0.493 e. The highest BCUT2D eigenvalue weighted by Gasteiger charge is 2.24. The number of fused-ring (bicyclic) bond motifs is 1. The quantitative estimate of drug-likeness (QED) is 0.772. The van der Waals surface area contributed by atoms with Crippen molar-refractivity contribution in [3.05, 3.63) is 30.0 Å². The highest BCUT2D eigenvalue weighted by atomic mass is 16.5. The second kappa shape index (κ2) is 3.57. The van der Waals surface area contributed by atoms with E-state index in [-0.39, 0.29) is 0 Å². The Kier molecular flexibility index (Phi) is 2.35. The first kappa shape index (κ1) is 10.6. The fourth-order valence-electron chi connectivity index (χ4n) is 1.80. The van der Waals surface area contributed by atoms with Crippen molar-refractivity contribution in [2.24, 2.45) is 0 Å². The molecule has 0 aliphatic carbocycles. The molecule has 0 saturated carbocycles. The predicted octanol–water partition coefficient (Wildman–Crippen LogP) is 3.24. The smallest absolute Gasteiger partial charge is 0.175 e. The van der Waals surface area contributed by atoms with Crippen molar-refractivity contribution in [1.82, 2.24) is 0 Å². The van der Waals surface area contributed by atoms with Crippen LogP contribution >= 0.6 is 0 Å². The summed E-state index contributed by atoms with van der Waals surface area (Å²) in [4.78, 5) is 0.